The Bertz CT molecular complexity index is 2100. The number of carbonyl (C=O) groups is 2. The van der Waals surface area contributed by atoms with Gasteiger partial charge in [-0.1, -0.05) is 65.8 Å². The fourth-order valence-corrected chi connectivity index (χ4v) is 7.25. The molecule has 2 aliphatic rings. The monoisotopic (exact) mass is 722 g/mol. The smallest absolute Gasteiger partial charge is 0.309 e. The lowest BCUT2D eigenvalue weighted by atomic mass is 9.90. The Kier molecular flexibility index (Phi) is 11.4. The highest BCUT2D eigenvalue weighted by Crippen LogP contribution is 2.42. The number of likely N-dealkylation sites (tertiary alicyclic amines) is 1. The standard InChI is InChI=1S/C22H21N.C20H23F2N3O5/c1-15-13-20-19-10-6-5-9-17(19)14-21(20)22(23)18(15)12-11-16-7-3-2-4-8-16;1-10(11(2)26)25-6-5-16(14(9-25)20(28)29)23-19(27)17-8-18(30-24-17)13-4-3-12(21)7-15(13)22/h2-10,13H,11-12,14,23H2,1H3;3-4,7-8,10-11,14,16,26H,5-6,9H2,1-2H3,(H,23,27)(H,28,29)/t;10-,11-,14-,16-/m.1/s1. The highest BCUT2D eigenvalue weighted by molar-refractivity contribution is 5.93. The molecule has 53 heavy (non-hydrogen) atoms. The van der Waals surface area contributed by atoms with Gasteiger partial charge >= 0.3 is 5.97 Å². The maximum absolute atomic E-state index is 13.9. The van der Waals surface area contributed by atoms with Gasteiger partial charge in [-0.25, -0.2) is 8.78 Å². The molecule has 0 spiro atoms. The maximum Gasteiger partial charge on any atom is 0.309 e. The molecule has 0 bridgehead atoms. The summed E-state index contributed by atoms with van der Waals surface area (Å²) in [7, 11) is 0. The molecule has 4 atom stereocenters. The zero-order valence-corrected chi connectivity index (χ0v) is 30.0. The lowest BCUT2D eigenvalue weighted by molar-refractivity contribution is -0.145. The molecule has 7 rings (SSSR count). The Balaban J connectivity index is 0.000000187. The van der Waals surface area contributed by atoms with Crippen molar-refractivity contribution in [1.82, 2.24) is 15.4 Å². The van der Waals surface area contributed by atoms with E-state index in [1.807, 2.05) is 11.8 Å². The third kappa shape index (κ3) is 8.32. The number of benzene rings is 4. The van der Waals surface area contributed by atoms with Crippen molar-refractivity contribution >= 4 is 17.6 Å². The highest BCUT2D eigenvalue weighted by atomic mass is 19.1. The Labute approximate surface area is 307 Å². The number of hydrogen-bond acceptors (Lipinski definition) is 7. The lowest BCUT2D eigenvalue weighted by Gasteiger charge is -2.40. The van der Waals surface area contributed by atoms with E-state index in [0.29, 0.717) is 19.0 Å². The molecule has 1 aliphatic heterocycles. The van der Waals surface area contributed by atoms with E-state index < -0.39 is 41.6 Å². The Hall–Kier alpha value is -5.39. The maximum atomic E-state index is 13.9. The van der Waals surface area contributed by atoms with Crippen molar-refractivity contribution in [1.29, 1.82) is 0 Å². The Morgan fingerprint density at radius 3 is 2.43 bits per heavy atom. The summed E-state index contributed by atoms with van der Waals surface area (Å²) in [6.45, 7) is 6.33. The van der Waals surface area contributed by atoms with Gasteiger partial charge < -0.3 is 25.8 Å². The van der Waals surface area contributed by atoms with Crippen LogP contribution < -0.4 is 11.1 Å². The number of rotatable bonds is 9. The molecule has 9 nitrogen and oxygen atoms in total. The van der Waals surface area contributed by atoms with Gasteiger partial charge in [0.25, 0.3) is 5.91 Å². The summed E-state index contributed by atoms with van der Waals surface area (Å²) < 4.78 is 32.0. The van der Waals surface area contributed by atoms with Crippen LogP contribution in [0.4, 0.5) is 14.5 Å². The van der Waals surface area contributed by atoms with Gasteiger partial charge in [0.1, 0.15) is 11.6 Å². The first-order chi connectivity index (χ1) is 25.4. The molecule has 0 radical (unpaired) electrons. The number of anilines is 1. The number of aliphatic hydroxyl groups is 1. The SMILES string of the molecule is C[C@H]([C@@H](C)O)N1CC[C@@H](NC(=O)c2cc(-c3ccc(F)cc3F)on2)[C@H](C(=O)O)C1.Cc1cc2c(c(N)c1CCc1ccccc1)Cc1ccccc1-2. The molecule has 2 heterocycles. The predicted molar refractivity (Wildman–Crippen MR) is 199 cm³/mol. The number of fused-ring (bicyclic) bond motifs is 3. The summed E-state index contributed by atoms with van der Waals surface area (Å²) >= 11 is 0. The van der Waals surface area contributed by atoms with Crippen molar-refractivity contribution in [3.63, 3.8) is 0 Å². The quantitative estimate of drug-likeness (QED) is 0.119. The summed E-state index contributed by atoms with van der Waals surface area (Å²) in [6.07, 6.45) is 2.77. The minimum absolute atomic E-state index is 0.0481. The van der Waals surface area contributed by atoms with E-state index >= 15 is 0 Å². The van der Waals surface area contributed by atoms with Crippen molar-refractivity contribution in [2.24, 2.45) is 5.92 Å². The van der Waals surface area contributed by atoms with E-state index in [1.54, 1.807) is 6.92 Å². The van der Waals surface area contributed by atoms with Crippen molar-refractivity contribution in [2.45, 2.75) is 64.6 Å². The van der Waals surface area contributed by atoms with Gasteiger partial charge in [-0.2, -0.15) is 0 Å². The number of aliphatic carboxylic acids is 1. The number of carboxylic acids is 1. The zero-order chi connectivity index (χ0) is 37.8. The number of amides is 1. The van der Waals surface area contributed by atoms with Crippen LogP contribution in [0, 0.1) is 24.5 Å². The van der Waals surface area contributed by atoms with Crippen LogP contribution in [0.25, 0.3) is 22.5 Å². The van der Waals surface area contributed by atoms with Crippen LogP contribution in [0.1, 0.15) is 58.6 Å². The van der Waals surface area contributed by atoms with E-state index in [2.05, 4.69) is 78.1 Å². The van der Waals surface area contributed by atoms with Crippen LogP contribution in [-0.2, 0) is 24.1 Å². The number of nitrogens with zero attached hydrogens (tertiary/aromatic N) is 2. The first-order valence-corrected chi connectivity index (χ1v) is 17.8. The van der Waals surface area contributed by atoms with Crippen LogP contribution in [0.3, 0.4) is 0 Å². The summed E-state index contributed by atoms with van der Waals surface area (Å²) in [5, 5.41) is 25.6. The Morgan fingerprint density at radius 2 is 1.72 bits per heavy atom. The summed E-state index contributed by atoms with van der Waals surface area (Å²) in [6, 6.07) is 24.9. The molecule has 5 aromatic rings. The molecule has 276 valence electrons. The third-order valence-electron chi connectivity index (χ3n) is 10.5. The van der Waals surface area contributed by atoms with Crippen LogP contribution in [0.2, 0.25) is 0 Å². The number of halogens is 2. The molecule has 0 unspecified atom stereocenters. The van der Waals surface area contributed by atoms with Crippen LogP contribution >= 0.6 is 0 Å². The normalized spacial score (nSPS) is 17.5. The van der Waals surface area contributed by atoms with Gasteiger partial charge in [0, 0.05) is 49.4 Å². The first-order valence-electron chi connectivity index (χ1n) is 17.8. The first kappa shape index (κ1) is 37.4. The lowest BCUT2D eigenvalue weighted by Crippen LogP contribution is -2.56. The van der Waals surface area contributed by atoms with E-state index in [4.69, 9.17) is 10.3 Å². The molecule has 1 fully saturated rings. The fraction of sp³-hybridized carbons (Fsp3) is 0.310. The largest absolute Gasteiger partial charge is 0.481 e. The van der Waals surface area contributed by atoms with E-state index in [9.17, 15) is 28.6 Å². The second-order valence-corrected chi connectivity index (χ2v) is 13.9. The van der Waals surface area contributed by atoms with Gasteiger partial charge in [-0.3, -0.25) is 14.5 Å². The van der Waals surface area contributed by atoms with E-state index in [-0.39, 0.29) is 29.6 Å². The molecule has 1 aliphatic carbocycles. The topological polar surface area (TPSA) is 142 Å². The van der Waals surface area contributed by atoms with Crippen LogP contribution in [-0.4, -0.2) is 63.4 Å². The average Bonchev–Trinajstić information content (AvgIpc) is 3.78. The number of piperidine rings is 1. The van der Waals surface area contributed by atoms with Crippen molar-refractivity contribution in [2.75, 3.05) is 18.8 Å². The number of nitrogens with one attached hydrogen (secondary N) is 1. The average molecular weight is 723 g/mol. The van der Waals surface area contributed by atoms with Gasteiger partial charge in [-0.15, -0.1) is 0 Å². The molecule has 11 heteroatoms. The second-order valence-electron chi connectivity index (χ2n) is 13.9. The summed E-state index contributed by atoms with van der Waals surface area (Å²) in [5.41, 5.74) is 16.8. The molecule has 1 aromatic heterocycles. The number of carboxylic acid groups (broad SMARTS) is 1. The summed E-state index contributed by atoms with van der Waals surface area (Å²) in [5.74, 6) is -4.23. The molecular weight excluding hydrogens is 678 g/mol. The van der Waals surface area contributed by atoms with Gasteiger partial charge in [-0.05, 0) is 91.1 Å². The van der Waals surface area contributed by atoms with Crippen LogP contribution in [0.5, 0.6) is 0 Å². The van der Waals surface area contributed by atoms with Gasteiger partial charge in [0.15, 0.2) is 11.5 Å². The number of nitrogens with two attached hydrogens (primary N) is 1. The Morgan fingerprint density at radius 1 is 0.981 bits per heavy atom. The minimum atomic E-state index is -1.06. The van der Waals surface area contributed by atoms with Gasteiger partial charge in [0.2, 0.25) is 0 Å². The number of aryl methyl sites for hydroxylation is 2. The summed E-state index contributed by atoms with van der Waals surface area (Å²) in [4.78, 5) is 26.2. The number of aromatic nitrogens is 1. The molecule has 1 saturated heterocycles. The molecule has 1 amide bonds. The molecule has 5 N–H and O–H groups in total. The van der Waals surface area contributed by atoms with Crippen molar-refractivity contribution < 1.29 is 33.1 Å². The van der Waals surface area contributed by atoms with Crippen molar-refractivity contribution in [3.05, 3.63) is 130 Å². The van der Waals surface area contributed by atoms with Gasteiger partial charge in [0.05, 0.1) is 17.6 Å². The fourth-order valence-electron chi connectivity index (χ4n) is 7.25. The third-order valence-corrected chi connectivity index (χ3v) is 10.5. The predicted octanol–water partition coefficient (Wildman–Crippen LogP) is 6.83. The van der Waals surface area contributed by atoms with E-state index in [0.717, 1.165) is 31.0 Å². The number of nitrogen functional groups attached to an aromatic ring is 1. The zero-order valence-electron chi connectivity index (χ0n) is 30.0. The molecule has 0 saturated carbocycles. The van der Waals surface area contributed by atoms with E-state index in [1.165, 1.54) is 51.1 Å². The number of carbonyl (C=O) groups excluding carboxylic acids is 1. The highest BCUT2D eigenvalue weighted by Gasteiger charge is 2.38. The number of aliphatic hydroxyl groups excluding tert-OH is 1. The van der Waals surface area contributed by atoms with Crippen molar-refractivity contribution in [3.8, 4) is 22.5 Å². The molecule has 4 aromatic carbocycles. The molecular formula is C42H44F2N4O5. The second kappa shape index (κ2) is 16.1. The number of hydrogen-bond donors (Lipinski definition) is 4. The van der Waals surface area contributed by atoms with Crippen LogP contribution in [0.15, 0.2) is 89.5 Å². The minimum Gasteiger partial charge on any atom is -0.481 e.